The van der Waals surface area contributed by atoms with Crippen molar-refractivity contribution in [3.05, 3.63) is 190 Å². The molecule has 0 aliphatic heterocycles. The van der Waals surface area contributed by atoms with E-state index in [1.54, 1.807) is 53.3 Å². The van der Waals surface area contributed by atoms with Gasteiger partial charge < -0.3 is 65.6 Å². The number of anilines is 5. The number of isothiocyanates is 1. The summed E-state index contributed by atoms with van der Waals surface area (Å²) in [7, 11) is 12.3. The number of carbonyl (C=O) groups is 6. The van der Waals surface area contributed by atoms with Gasteiger partial charge in [0, 0.05) is 102 Å². The topological polar surface area (TPSA) is 518 Å². The number of aryl methyl sites for hydroxylation is 3. The van der Waals surface area contributed by atoms with E-state index >= 15 is 0 Å². The van der Waals surface area contributed by atoms with Crippen LogP contribution in [0, 0.1) is 72.9 Å². The third-order valence-corrected chi connectivity index (χ3v) is 12.8. The lowest BCUT2D eigenvalue weighted by molar-refractivity contribution is -0.387. The van der Waals surface area contributed by atoms with Crippen LogP contribution < -0.4 is 60.6 Å². The number of aliphatic imine (C=N–C) groups is 1. The molecule has 39 heteroatoms. The van der Waals surface area contributed by atoms with Gasteiger partial charge in [-0.2, -0.15) is 8.78 Å². The Morgan fingerprint density at radius 1 is 0.500 bits per heavy atom. The Morgan fingerprint density at radius 3 is 1.17 bits per heavy atom. The molecule has 1 aromatic heterocycles. The molecule has 0 atom stereocenters. The number of imidazole rings is 1. The molecule has 0 bridgehead atoms. The number of thiocarbonyl (C=S) groups is 1. The second kappa shape index (κ2) is 40.1. The number of rotatable bonds is 11. The summed E-state index contributed by atoms with van der Waals surface area (Å²) in [6.45, 7) is 5.40. The number of H-pyrrole nitrogens is 1. The Morgan fingerprint density at radius 2 is 0.798 bits per heavy atom. The van der Waals surface area contributed by atoms with Crippen molar-refractivity contribution < 1.29 is 57.2 Å². The molecule has 17 N–H and O–H groups in total. The third kappa shape index (κ3) is 24.4. The normalized spacial score (nSPS) is 9.51. The quantitative estimate of drug-likeness (QED) is 0.0144. The summed E-state index contributed by atoms with van der Waals surface area (Å²) in [5.41, 5.74) is 30.4. The Bertz CT molecular complexity index is 3820. The highest BCUT2D eigenvalue weighted by molar-refractivity contribution is 7.78. The number of hydrogen-bond donors (Lipinski definition) is 12. The monoisotopic (exact) mass is 1410 g/mol. The van der Waals surface area contributed by atoms with Crippen LogP contribution in [0.3, 0.4) is 0 Å². The van der Waals surface area contributed by atoms with E-state index in [0.717, 1.165) is 40.4 Å². The van der Waals surface area contributed by atoms with Crippen molar-refractivity contribution >= 4 is 161 Å². The molecule has 0 fully saturated rings. The number of nitro benzene ring substituents is 4. The minimum atomic E-state index is -1.11. The predicted molar refractivity (Wildman–Crippen MR) is 359 cm³/mol. The number of fused-ring (bicyclic) bond motifs is 1. The van der Waals surface area contributed by atoms with Gasteiger partial charge in [-0.1, -0.05) is 34.8 Å². The maximum Gasteiger partial charge on any atom is 0.305 e. The van der Waals surface area contributed by atoms with Gasteiger partial charge in [-0.25, -0.2) is 9.98 Å². The Labute approximate surface area is 558 Å². The summed E-state index contributed by atoms with van der Waals surface area (Å²) in [4.78, 5) is 117. The molecule has 504 valence electrons. The van der Waals surface area contributed by atoms with Gasteiger partial charge in [0.2, 0.25) is 17.6 Å². The zero-order chi connectivity index (χ0) is 72.8. The molecule has 1 heterocycles. The molecule has 7 rings (SSSR count). The minimum absolute atomic E-state index is 0.0278. The molecule has 7 aromatic rings. The van der Waals surface area contributed by atoms with Gasteiger partial charge in [0.25, 0.3) is 46.2 Å². The number of amides is 5. The number of halogens is 6. The highest BCUT2D eigenvalue weighted by atomic mass is 35.5. The summed E-state index contributed by atoms with van der Waals surface area (Å²) in [5, 5.41) is 57.7. The van der Waals surface area contributed by atoms with E-state index in [2.05, 4.69) is 70.0 Å². The van der Waals surface area contributed by atoms with Crippen molar-refractivity contribution in [3.63, 3.8) is 0 Å². The van der Waals surface area contributed by atoms with E-state index in [9.17, 15) is 78.0 Å². The number of carbonyl (C=O) groups excluding carboxylic acids is 6. The summed E-state index contributed by atoms with van der Waals surface area (Å²) in [6.07, 6.45) is 0. The molecule has 0 spiro atoms. The molecule has 32 nitrogen and oxygen atoms in total. The number of nitrogens with one attached hydrogen (secondary N) is 7. The first-order valence-corrected chi connectivity index (χ1v) is 27.6. The fourth-order valence-corrected chi connectivity index (χ4v) is 7.84. The molecule has 6 aromatic carbocycles. The van der Waals surface area contributed by atoms with Crippen molar-refractivity contribution in [1.82, 2.24) is 36.6 Å². The van der Waals surface area contributed by atoms with Gasteiger partial charge in [-0.15, -0.1) is 0 Å². The highest BCUT2D eigenvalue weighted by Gasteiger charge is 2.23. The van der Waals surface area contributed by atoms with E-state index < -0.39 is 59.8 Å². The van der Waals surface area contributed by atoms with Crippen LogP contribution in [0.2, 0.25) is 15.1 Å². The lowest BCUT2D eigenvalue weighted by Gasteiger charge is -2.07. The number of benzene rings is 6. The van der Waals surface area contributed by atoms with E-state index in [4.69, 9.17) is 69.3 Å². The molecule has 94 heavy (non-hydrogen) atoms. The maximum atomic E-state index is 13.0. The van der Waals surface area contributed by atoms with E-state index in [1.165, 1.54) is 46.4 Å². The molecular weight excluding hydrogens is 1350 g/mol. The first-order valence-electron chi connectivity index (χ1n) is 25.7. The fraction of sp³-hybridized carbons (Fsp3) is 0.200. The summed E-state index contributed by atoms with van der Waals surface area (Å²) in [6, 6.07) is 14.8. The minimum Gasteiger partial charge on any atom is -0.397 e. The van der Waals surface area contributed by atoms with Crippen LogP contribution in [0.25, 0.3) is 11.0 Å². The molecule has 0 saturated carbocycles. The van der Waals surface area contributed by atoms with Gasteiger partial charge in [-0.05, 0) is 105 Å². The summed E-state index contributed by atoms with van der Waals surface area (Å²) >= 11 is 25.9. The van der Waals surface area contributed by atoms with Crippen molar-refractivity contribution in [2.75, 3.05) is 84.6 Å². The van der Waals surface area contributed by atoms with Gasteiger partial charge in [-0.3, -0.25) is 69.2 Å². The second-order valence-corrected chi connectivity index (χ2v) is 19.3. The maximum absolute atomic E-state index is 13.0. The lowest BCUT2D eigenvalue weighted by Crippen LogP contribution is -2.19. The molecular formula is C55H62Cl4F2N18O14S. The standard InChI is InChI=1S/C11H14N4O.C9H11N3O3.C9H13N3O.C8H6ClFN2O3.C8H8ClN3O3.C7H2Cl2FNO3.C2H3NS.CH5N/c1-6-4-8-9(15-11(13-3)14-8)5-7(6)10(16)12-2;1-5-3-7(10)8(12(14)15)4-6(5)9(13)11-2;1-5-3-7(10)8(11)4-6(5)9(13)12-2;2*1-11-8(13)4-2-7(12(14)15)6(10)3-5(4)9;8-4-2-5(10)6(11(13)14)1-3(4)7(9)12;1-3-2-4;1-2/h4-5H,1-3H3,(H,12,16)(H2,13,14,15);3-4H,10H2,1-2H3,(H,11,13);3-4H,10-11H2,1-2H3,(H,12,13);2-3H,1H3,(H,11,13);2-3H,10H2,1H3,(H,11,13);1-2H;1H3;2H2,1H3. The molecule has 0 aliphatic carbocycles. The largest absolute Gasteiger partial charge is 0.397 e. The summed E-state index contributed by atoms with van der Waals surface area (Å²) in [5.74, 6) is -3.19. The molecule has 0 unspecified atom stereocenters. The van der Waals surface area contributed by atoms with Crippen molar-refractivity contribution in [3.8, 4) is 0 Å². The average molecular weight is 1410 g/mol. The van der Waals surface area contributed by atoms with Gasteiger partial charge in [0.15, 0.2) is 0 Å². The molecule has 0 aliphatic rings. The van der Waals surface area contributed by atoms with E-state index in [0.29, 0.717) is 46.1 Å². The SMILES string of the molecule is CN.CN=C=S.CNC(=O)c1cc(N)c(N)cc1C.CNC(=O)c1cc([N+](=O)[O-])c(F)cc1Cl.CNC(=O)c1cc([N+](=O)[O-])c(N)cc1C.CNC(=O)c1cc([N+](=O)[O-])c(N)cc1Cl.CNC(=O)c1cc2nc(NC)[nH]c2cc1C.O=C(Cl)c1cc([N+](=O)[O-])c(F)cc1Cl. The average Bonchev–Trinajstić information content (AvgIpc) is 1.53. The first-order chi connectivity index (χ1) is 44.0. The molecule has 5 amide bonds. The second-order valence-electron chi connectivity index (χ2n) is 17.5. The number of nitrogens with two attached hydrogens (primary N) is 5. The van der Waals surface area contributed by atoms with Crippen LogP contribution in [-0.2, 0) is 0 Å². The third-order valence-electron chi connectivity index (χ3n) is 11.5. The Kier molecular flexibility index (Phi) is 35.5. The predicted octanol–water partition coefficient (Wildman–Crippen LogP) is 8.63. The van der Waals surface area contributed by atoms with Crippen LogP contribution in [0.5, 0.6) is 0 Å². The zero-order valence-electron chi connectivity index (χ0n) is 51.4. The first kappa shape index (κ1) is 83.2. The van der Waals surface area contributed by atoms with Gasteiger partial charge in [0.05, 0.1) is 79.0 Å². The number of nitrogens with zero attached hydrogens (tertiary/aromatic N) is 6. The zero-order valence-corrected chi connectivity index (χ0v) is 55.2. The van der Waals surface area contributed by atoms with Crippen molar-refractivity contribution in [1.29, 1.82) is 0 Å². The van der Waals surface area contributed by atoms with Crippen LogP contribution in [0.15, 0.2) is 77.8 Å². The lowest BCUT2D eigenvalue weighted by atomic mass is 10.1. The van der Waals surface area contributed by atoms with Gasteiger partial charge in [0.1, 0.15) is 11.4 Å². The molecule has 0 radical (unpaired) electrons. The highest BCUT2D eigenvalue weighted by Crippen LogP contribution is 2.31. The van der Waals surface area contributed by atoms with E-state index in [-0.39, 0.29) is 77.8 Å². The van der Waals surface area contributed by atoms with Gasteiger partial charge >= 0.3 is 11.4 Å². The number of aromatic amines is 1. The van der Waals surface area contributed by atoms with Crippen LogP contribution in [0.4, 0.5) is 60.2 Å². The van der Waals surface area contributed by atoms with Crippen molar-refractivity contribution in [2.24, 2.45) is 10.7 Å². The van der Waals surface area contributed by atoms with Crippen LogP contribution >= 0.6 is 58.6 Å². The number of nitro groups is 4. The Hall–Kier alpha value is -10.8. The number of hydrogen-bond acceptors (Lipinski definition) is 23. The van der Waals surface area contributed by atoms with Crippen LogP contribution in [-0.4, -0.2) is 126 Å². The van der Waals surface area contributed by atoms with E-state index in [1.807, 2.05) is 19.9 Å². The Balaban J connectivity index is 0.00000109. The smallest absolute Gasteiger partial charge is 0.305 e. The summed E-state index contributed by atoms with van der Waals surface area (Å²) < 4.78 is 25.9. The van der Waals surface area contributed by atoms with Crippen LogP contribution in [0.1, 0.15) is 78.8 Å². The number of nitrogen functional groups attached to an aromatic ring is 4. The number of aromatic nitrogens is 2. The fourth-order valence-electron chi connectivity index (χ4n) is 6.90. The molecule has 0 saturated heterocycles. The van der Waals surface area contributed by atoms with Crippen molar-refractivity contribution in [2.45, 2.75) is 20.8 Å².